The van der Waals surface area contributed by atoms with Crippen LogP contribution in [-0.4, -0.2) is 38.4 Å². The van der Waals surface area contributed by atoms with Gasteiger partial charge in [-0.1, -0.05) is 53.4 Å². The van der Waals surface area contributed by atoms with Gasteiger partial charge in [0.05, 0.1) is 21.5 Å². The number of H-pyrrole nitrogens is 1. The number of amides is 1. The largest absolute Gasteiger partial charge is 0.411 e. The normalized spacial score (nSPS) is 11.4. The molecule has 30 heavy (non-hydrogen) atoms. The summed E-state index contributed by atoms with van der Waals surface area (Å²) < 4.78 is 6.85. The minimum atomic E-state index is -0.0478. The summed E-state index contributed by atoms with van der Waals surface area (Å²) >= 11 is 2.75. The molecule has 9 heteroatoms. The Hall–Kier alpha value is -3.17. The van der Waals surface area contributed by atoms with Crippen molar-refractivity contribution in [3.8, 4) is 11.5 Å². The number of nitrogens with zero attached hydrogens (tertiary/aromatic N) is 4. The molecule has 1 amide bonds. The monoisotopic (exact) mass is 435 g/mol. The third kappa shape index (κ3) is 3.46. The number of hydrogen-bond acceptors (Lipinski definition) is 7. The minimum Gasteiger partial charge on any atom is -0.411 e. The lowest BCUT2D eigenvalue weighted by Gasteiger charge is -2.16. The molecule has 0 saturated heterocycles. The zero-order valence-corrected chi connectivity index (χ0v) is 17.7. The SMILES string of the molecule is CCN(C(=O)CSc1nnc(-c2c[nH]c3ccccc23)o1)c1nc2ccccc2s1. The Morgan fingerprint density at radius 1 is 1.17 bits per heavy atom. The van der Waals surface area contributed by atoms with Crippen LogP contribution < -0.4 is 4.90 Å². The van der Waals surface area contributed by atoms with Crippen LogP contribution in [-0.2, 0) is 4.79 Å². The number of nitrogens with one attached hydrogen (secondary N) is 1. The number of carbonyl (C=O) groups is 1. The van der Waals surface area contributed by atoms with Gasteiger partial charge < -0.3 is 9.40 Å². The molecule has 1 N–H and O–H groups in total. The number of para-hydroxylation sites is 2. The van der Waals surface area contributed by atoms with Crippen LogP contribution in [0.2, 0.25) is 0 Å². The fourth-order valence-electron chi connectivity index (χ4n) is 3.22. The van der Waals surface area contributed by atoms with E-state index in [4.69, 9.17) is 4.42 Å². The topological polar surface area (TPSA) is 87.9 Å². The number of carbonyl (C=O) groups excluding carboxylic acids is 1. The van der Waals surface area contributed by atoms with E-state index in [-0.39, 0.29) is 11.7 Å². The number of benzene rings is 2. The van der Waals surface area contributed by atoms with Crippen molar-refractivity contribution in [2.75, 3.05) is 17.2 Å². The number of thiazole rings is 1. The number of aromatic nitrogens is 4. The first-order chi connectivity index (χ1) is 14.7. The summed E-state index contributed by atoms with van der Waals surface area (Å²) in [4.78, 5) is 22.3. The van der Waals surface area contributed by atoms with E-state index in [0.717, 1.165) is 26.7 Å². The summed E-state index contributed by atoms with van der Waals surface area (Å²) in [5, 5.41) is 10.3. The third-order valence-electron chi connectivity index (χ3n) is 4.68. The Kier molecular flexibility index (Phi) is 4.97. The van der Waals surface area contributed by atoms with Crippen molar-refractivity contribution in [1.29, 1.82) is 0 Å². The smallest absolute Gasteiger partial charge is 0.277 e. The van der Waals surface area contributed by atoms with E-state index in [0.29, 0.717) is 22.8 Å². The van der Waals surface area contributed by atoms with Gasteiger partial charge in [-0.25, -0.2) is 4.98 Å². The predicted molar refractivity (Wildman–Crippen MR) is 120 cm³/mol. The molecule has 3 aromatic heterocycles. The molecule has 0 spiro atoms. The van der Waals surface area contributed by atoms with Crippen LogP contribution in [0.1, 0.15) is 6.92 Å². The number of fused-ring (bicyclic) bond motifs is 2. The number of anilines is 1. The van der Waals surface area contributed by atoms with Crippen LogP contribution in [0.4, 0.5) is 5.13 Å². The molecule has 150 valence electrons. The van der Waals surface area contributed by atoms with E-state index in [1.165, 1.54) is 23.1 Å². The van der Waals surface area contributed by atoms with Crippen LogP contribution in [0.3, 0.4) is 0 Å². The summed E-state index contributed by atoms with van der Waals surface area (Å²) in [6.07, 6.45) is 1.85. The van der Waals surface area contributed by atoms with Crippen molar-refractivity contribution in [2.45, 2.75) is 12.1 Å². The lowest BCUT2D eigenvalue weighted by molar-refractivity contribution is -0.116. The molecule has 0 fully saturated rings. The highest BCUT2D eigenvalue weighted by atomic mass is 32.2. The quantitative estimate of drug-likeness (QED) is 0.379. The second kappa shape index (κ2) is 7.92. The first kappa shape index (κ1) is 18.8. The van der Waals surface area contributed by atoms with Crippen molar-refractivity contribution in [3.05, 3.63) is 54.7 Å². The highest BCUT2D eigenvalue weighted by molar-refractivity contribution is 7.99. The number of hydrogen-bond donors (Lipinski definition) is 1. The molecule has 0 aliphatic heterocycles. The molecule has 0 unspecified atom stereocenters. The maximum Gasteiger partial charge on any atom is 0.277 e. The lowest BCUT2D eigenvalue weighted by Crippen LogP contribution is -2.32. The first-order valence-electron chi connectivity index (χ1n) is 9.41. The lowest BCUT2D eigenvalue weighted by atomic mass is 10.2. The van der Waals surface area contributed by atoms with Gasteiger partial charge in [-0.2, -0.15) is 0 Å². The van der Waals surface area contributed by atoms with E-state index in [2.05, 4.69) is 20.2 Å². The molecule has 7 nitrogen and oxygen atoms in total. The van der Waals surface area contributed by atoms with Crippen LogP contribution in [0.5, 0.6) is 0 Å². The Bertz CT molecular complexity index is 1310. The van der Waals surface area contributed by atoms with Gasteiger partial charge in [-0.05, 0) is 25.1 Å². The van der Waals surface area contributed by atoms with Crippen molar-refractivity contribution in [2.24, 2.45) is 0 Å². The molecule has 0 saturated carbocycles. The van der Waals surface area contributed by atoms with Gasteiger partial charge in [0, 0.05) is 23.6 Å². The van der Waals surface area contributed by atoms with Crippen molar-refractivity contribution in [3.63, 3.8) is 0 Å². The Balaban J connectivity index is 1.30. The maximum absolute atomic E-state index is 12.8. The van der Waals surface area contributed by atoms with Crippen LogP contribution in [0.15, 0.2) is 64.4 Å². The molecule has 0 bridgehead atoms. The van der Waals surface area contributed by atoms with E-state index >= 15 is 0 Å². The van der Waals surface area contributed by atoms with E-state index in [9.17, 15) is 4.79 Å². The van der Waals surface area contributed by atoms with Crippen LogP contribution >= 0.6 is 23.1 Å². The Labute approximate surface area is 180 Å². The van der Waals surface area contributed by atoms with Crippen molar-refractivity contribution >= 4 is 55.3 Å². The van der Waals surface area contributed by atoms with Gasteiger partial charge >= 0.3 is 0 Å². The molecular weight excluding hydrogens is 418 g/mol. The van der Waals surface area contributed by atoms with Crippen molar-refractivity contribution in [1.82, 2.24) is 20.2 Å². The molecule has 2 aromatic carbocycles. The second-order valence-electron chi connectivity index (χ2n) is 6.51. The summed E-state index contributed by atoms with van der Waals surface area (Å²) in [7, 11) is 0. The van der Waals surface area contributed by atoms with E-state index < -0.39 is 0 Å². The second-order valence-corrected chi connectivity index (χ2v) is 8.45. The summed E-state index contributed by atoms with van der Waals surface area (Å²) in [6.45, 7) is 2.49. The summed E-state index contributed by atoms with van der Waals surface area (Å²) in [6, 6.07) is 15.8. The van der Waals surface area contributed by atoms with Crippen molar-refractivity contribution < 1.29 is 9.21 Å². The molecule has 5 aromatic rings. The van der Waals surface area contributed by atoms with Crippen LogP contribution in [0, 0.1) is 0 Å². The minimum absolute atomic E-state index is 0.0478. The average molecular weight is 436 g/mol. The summed E-state index contributed by atoms with van der Waals surface area (Å²) in [5.41, 5.74) is 2.75. The van der Waals surface area contributed by atoms with Crippen LogP contribution in [0.25, 0.3) is 32.6 Å². The number of aromatic amines is 1. The molecule has 0 aliphatic carbocycles. The fraction of sp³-hybridized carbons (Fsp3) is 0.143. The van der Waals surface area contributed by atoms with Gasteiger partial charge in [-0.15, -0.1) is 10.2 Å². The van der Waals surface area contributed by atoms with Gasteiger partial charge in [0.2, 0.25) is 5.91 Å². The zero-order valence-electron chi connectivity index (χ0n) is 16.0. The maximum atomic E-state index is 12.8. The predicted octanol–water partition coefficient (Wildman–Crippen LogP) is 4.97. The van der Waals surface area contributed by atoms with E-state index in [1.807, 2.05) is 61.7 Å². The highest BCUT2D eigenvalue weighted by Gasteiger charge is 2.20. The van der Waals surface area contributed by atoms with Gasteiger partial charge in [0.1, 0.15) is 0 Å². The molecule has 0 atom stereocenters. The van der Waals surface area contributed by atoms with Gasteiger partial charge in [0.25, 0.3) is 11.1 Å². The molecule has 0 aliphatic rings. The van der Waals surface area contributed by atoms with Gasteiger partial charge in [0.15, 0.2) is 5.13 Å². The number of rotatable bonds is 6. The molecule has 0 radical (unpaired) electrons. The highest BCUT2D eigenvalue weighted by Crippen LogP contribution is 2.31. The average Bonchev–Trinajstić information content (AvgIpc) is 3.50. The molecule has 3 heterocycles. The Morgan fingerprint density at radius 3 is 2.87 bits per heavy atom. The molecule has 5 rings (SSSR count). The first-order valence-corrected chi connectivity index (χ1v) is 11.2. The third-order valence-corrected chi connectivity index (χ3v) is 6.54. The zero-order chi connectivity index (χ0) is 20.5. The fourth-order valence-corrected chi connectivity index (χ4v) is 4.91. The summed E-state index contributed by atoms with van der Waals surface area (Å²) in [5.74, 6) is 0.577. The number of thioether (sulfide) groups is 1. The molecular formula is C21H17N5O2S2. The van der Waals surface area contributed by atoms with Gasteiger partial charge in [-0.3, -0.25) is 9.69 Å². The van der Waals surface area contributed by atoms with E-state index in [1.54, 1.807) is 4.90 Å². The Morgan fingerprint density at radius 2 is 2.00 bits per heavy atom. The standard InChI is InChI=1S/C21H17N5O2S2/c1-2-26(20-23-16-9-5-6-10-17(16)30-20)18(27)12-29-21-25-24-19(28-21)14-11-22-15-8-4-3-7-13(14)15/h3-11,22H,2,12H2,1H3.